The normalized spacial score (nSPS) is 17.0. The summed E-state index contributed by atoms with van der Waals surface area (Å²) in [4.78, 5) is 28.9. The van der Waals surface area contributed by atoms with Crippen LogP contribution in [-0.4, -0.2) is 29.6 Å². The number of hydrogen-bond donors (Lipinski definition) is 0. The van der Waals surface area contributed by atoms with Crippen molar-refractivity contribution in [3.05, 3.63) is 80.8 Å². The second kappa shape index (κ2) is 7.29. The summed E-state index contributed by atoms with van der Waals surface area (Å²) < 4.78 is 0. The minimum Gasteiger partial charge on any atom is -0.367 e. The average molecular weight is 384 g/mol. The van der Waals surface area contributed by atoms with Crippen LogP contribution in [0.2, 0.25) is 5.02 Å². The zero-order valence-corrected chi connectivity index (χ0v) is 15.8. The molecule has 0 saturated carbocycles. The van der Waals surface area contributed by atoms with E-state index in [0.717, 1.165) is 31.5 Å². The van der Waals surface area contributed by atoms with E-state index in [1.54, 1.807) is 12.1 Å². The smallest absolute Gasteiger partial charge is 0.211 e. The van der Waals surface area contributed by atoms with Gasteiger partial charge in [-0.05, 0) is 30.5 Å². The third-order valence-corrected chi connectivity index (χ3v) is 6.17. The van der Waals surface area contributed by atoms with Crippen LogP contribution in [0.3, 0.4) is 0 Å². The number of carbonyl (C=O) groups excluding carboxylic acids is 2. The summed E-state index contributed by atoms with van der Waals surface area (Å²) in [6.07, 6.45) is 2.11. The molecule has 3 nitrogen and oxygen atoms in total. The van der Waals surface area contributed by atoms with Gasteiger partial charge in [-0.3, -0.25) is 9.59 Å². The van der Waals surface area contributed by atoms with Crippen molar-refractivity contribution in [2.24, 2.45) is 0 Å². The first-order valence-electron chi connectivity index (χ1n) is 8.70. The van der Waals surface area contributed by atoms with Crippen molar-refractivity contribution in [1.29, 1.82) is 0 Å². The van der Waals surface area contributed by atoms with Crippen molar-refractivity contribution < 1.29 is 9.59 Å². The van der Waals surface area contributed by atoms with Crippen LogP contribution in [0.15, 0.2) is 59.1 Å². The number of rotatable bonds is 4. The van der Waals surface area contributed by atoms with Crippen molar-refractivity contribution in [3.8, 4) is 0 Å². The number of likely N-dealkylation sites (tertiary alicyclic amines) is 1. The van der Waals surface area contributed by atoms with Crippen molar-refractivity contribution in [3.63, 3.8) is 0 Å². The molecule has 2 aromatic carbocycles. The Morgan fingerprint density at radius 2 is 1.50 bits per heavy atom. The molecule has 0 aromatic heterocycles. The van der Waals surface area contributed by atoms with Crippen LogP contribution in [0.5, 0.6) is 0 Å². The number of fused-ring (bicyclic) bond motifs is 1. The van der Waals surface area contributed by atoms with Gasteiger partial charge < -0.3 is 4.90 Å². The van der Waals surface area contributed by atoms with Gasteiger partial charge in [0.1, 0.15) is 5.70 Å². The van der Waals surface area contributed by atoms with Gasteiger partial charge in [0.25, 0.3) is 0 Å². The number of halogens is 1. The lowest BCUT2D eigenvalue weighted by atomic mass is 9.92. The number of thioether (sulfide) groups is 1. The van der Waals surface area contributed by atoms with Crippen molar-refractivity contribution >= 4 is 34.9 Å². The highest BCUT2D eigenvalue weighted by Gasteiger charge is 2.35. The first-order chi connectivity index (χ1) is 12.6. The molecule has 0 N–H and O–H groups in total. The van der Waals surface area contributed by atoms with E-state index in [9.17, 15) is 9.59 Å². The molecule has 2 aromatic rings. The van der Waals surface area contributed by atoms with Crippen LogP contribution < -0.4 is 0 Å². The van der Waals surface area contributed by atoms with E-state index in [1.807, 2.05) is 36.4 Å². The second-order valence-corrected chi connectivity index (χ2v) is 7.91. The summed E-state index contributed by atoms with van der Waals surface area (Å²) >= 11 is 7.40. The predicted molar refractivity (Wildman–Crippen MR) is 106 cm³/mol. The van der Waals surface area contributed by atoms with Gasteiger partial charge in [-0.2, -0.15) is 0 Å². The van der Waals surface area contributed by atoms with Crippen LogP contribution in [0.25, 0.3) is 0 Å². The molecule has 1 heterocycles. The summed E-state index contributed by atoms with van der Waals surface area (Å²) in [5, 5.41) is 0.688. The van der Waals surface area contributed by atoms with Crippen molar-refractivity contribution in [2.45, 2.75) is 18.6 Å². The molecule has 4 rings (SSSR count). The first-order valence-corrected chi connectivity index (χ1v) is 10.1. The fraction of sp³-hybridized carbons (Fsp3) is 0.238. The van der Waals surface area contributed by atoms with Crippen LogP contribution in [0, 0.1) is 0 Å². The van der Waals surface area contributed by atoms with E-state index in [-0.39, 0.29) is 11.6 Å². The molecule has 1 saturated heterocycles. The molecular formula is C21H18ClNO2S. The predicted octanol–water partition coefficient (Wildman–Crippen LogP) is 4.96. The van der Waals surface area contributed by atoms with Crippen LogP contribution in [0.1, 0.15) is 39.1 Å². The van der Waals surface area contributed by atoms with Gasteiger partial charge >= 0.3 is 0 Å². The number of benzene rings is 2. The molecule has 26 heavy (non-hydrogen) atoms. The average Bonchev–Trinajstić information content (AvgIpc) is 3.19. The van der Waals surface area contributed by atoms with E-state index in [1.165, 1.54) is 11.8 Å². The number of hydrogen-bond acceptors (Lipinski definition) is 4. The Hall–Kier alpha value is -2.04. The Bertz CT molecular complexity index is 898. The molecule has 0 bridgehead atoms. The minimum atomic E-state index is -0.0407. The molecule has 1 aliphatic carbocycles. The minimum absolute atomic E-state index is 0.0271. The quantitative estimate of drug-likeness (QED) is 0.747. The monoisotopic (exact) mass is 383 g/mol. The zero-order valence-electron chi connectivity index (χ0n) is 14.2. The van der Waals surface area contributed by atoms with Gasteiger partial charge in [0.05, 0.1) is 4.91 Å². The standard InChI is InChI=1S/C21H18ClNO2S/c22-15-9-7-14(8-10-15)13-26-21-18(23-11-3-4-12-23)19(24)16-5-1-2-6-17(16)20(21)25/h1-2,5-10H,3-4,11-13H2. The zero-order chi connectivity index (χ0) is 18.1. The molecule has 132 valence electrons. The lowest BCUT2D eigenvalue weighted by Crippen LogP contribution is -2.32. The maximum atomic E-state index is 13.1. The molecule has 0 radical (unpaired) electrons. The Balaban J connectivity index is 1.71. The van der Waals surface area contributed by atoms with Gasteiger partial charge in [-0.25, -0.2) is 0 Å². The van der Waals surface area contributed by atoms with Gasteiger partial charge in [0.2, 0.25) is 11.6 Å². The Morgan fingerprint density at radius 1 is 0.885 bits per heavy atom. The highest BCUT2D eigenvalue weighted by Crippen LogP contribution is 2.37. The molecule has 0 unspecified atom stereocenters. The molecule has 5 heteroatoms. The van der Waals surface area contributed by atoms with Gasteiger partial charge in [-0.15, -0.1) is 11.8 Å². The fourth-order valence-corrected chi connectivity index (χ4v) is 4.67. The molecule has 0 atom stereocenters. The van der Waals surface area contributed by atoms with Crippen LogP contribution in [0.4, 0.5) is 0 Å². The maximum absolute atomic E-state index is 13.1. The largest absolute Gasteiger partial charge is 0.367 e. The fourth-order valence-electron chi connectivity index (χ4n) is 3.44. The van der Waals surface area contributed by atoms with E-state index in [0.29, 0.717) is 32.5 Å². The molecule has 0 amide bonds. The molecule has 2 aliphatic rings. The third kappa shape index (κ3) is 3.19. The SMILES string of the molecule is O=C1C(SCc2ccc(Cl)cc2)=C(N2CCCC2)C(=O)c2ccccc21. The highest BCUT2D eigenvalue weighted by atomic mass is 35.5. The summed E-state index contributed by atoms with van der Waals surface area (Å²) in [5.41, 5.74) is 2.70. The van der Waals surface area contributed by atoms with Crippen LogP contribution >= 0.6 is 23.4 Å². The Morgan fingerprint density at radius 3 is 2.15 bits per heavy atom. The maximum Gasteiger partial charge on any atom is 0.211 e. The summed E-state index contributed by atoms with van der Waals surface area (Å²) in [6.45, 7) is 1.67. The number of Topliss-reactive ketones (excluding diaryl/α,β-unsaturated/α-hetero) is 2. The lowest BCUT2D eigenvalue weighted by molar-refractivity contribution is 0.0954. The summed E-state index contributed by atoms with van der Waals surface area (Å²) in [5.74, 6) is 0.562. The van der Waals surface area contributed by atoms with Gasteiger partial charge in [0, 0.05) is 35.0 Å². The number of ketones is 2. The van der Waals surface area contributed by atoms with Crippen molar-refractivity contribution in [1.82, 2.24) is 4.90 Å². The Kier molecular flexibility index (Phi) is 4.88. The first kappa shape index (κ1) is 17.4. The molecule has 1 fully saturated rings. The number of nitrogens with zero attached hydrogens (tertiary/aromatic N) is 1. The van der Waals surface area contributed by atoms with E-state index >= 15 is 0 Å². The molecule has 1 aliphatic heterocycles. The lowest BCUT2D eigenvalue weighted by Gasteiger charge is -2.27. The topological polar surface area (TPSA) is 37.4 Å². The number of allylic oxidation sites excluding steroid dienone is 2. The van der Waals surface area contributed by atoms with E-state index in [2.05, 4.69) is 4.90 Å². The van der Waals surface area contributed by atoms with Gasteiger partial charge in [-0.1, -0.05) is 48.0 Å². The molecule has 0 spiro atoms. The third-order valence-electron chi connectivity index (χ3n) is 4.77. The van der Waals surface area contributed by atoms with E-state index < -0.39 is 0 Å². The second-order valence-electron chi connectivity index (χ2n) is 6.49. The van der Waals surface area contributed by atoms with Crippen LogP contribution in [-0.2, 0) is 5.75 Å². The van der Waals surface area contributed by atoms with Gasteiger partial charge in [0.15, 0.2) is 0 Å². The summed E-state index contributed by atoms with van der Waals surface area (Å²) in [7, 11) is 0. The number of carbonyl (C=O) groups is 2. The molecular weight excluding hydrogens is 366 g/mol. The van der Waals surface area contributed by atoms with E-state index in [4.69, 9.17) is 11.6 Å². The summed E-state index contributed by atoms with van der Waals surface area (Å²) in [6, 6.07) is 14.7. The highest BCUT2D eigenvalue weighted by molar-refractivity contribution is 8.03. The van der Waals surface area contributed by atoms with Crippen molar-refractivity contribution in [2.75, 3.05) is 13.1 Å². The Labute approximate surface area is 162 Å².